The highest BCUT2D eigenvalue weighted by molar-refractivity contribution is 5.80. The van der Waals surface area contributed by atoms with Gasteiger partial charge in [0.25, 0.3) is 0 Å². The largest absolute Gasteiger partial charge is 0.493 e. The van der Waals surface area contributed by atoms with Gasteiger partial charge in [-0.05, 0) is 25.0 Å². The van der Waals surface area contributed by atoms with Crippen LogP contribution in [0.15, 0.2) is 24.3 Å². The van der Waals surface area contributed by atoms with E-state index in [4.69, 9.17) is 9.84 Å². The molecule has 0 saturated carbocycles. The predicted molar refractivity (Wildman–Crippen MR) is 75.8 cm³/mol. The van der Waals surface area contributed by atoms with E-state index in [2.05, 4.69) is 0 Å². The van der Waals surface area contributed by atoms with Gasteiger partial charge < -0.3 is 14.7 Å². The van der Waals surface area contributed by atoms with E-state index in [1.54, 1.807) is 11.9 Å². The van der Waals surface area contributed by atoms with Crippen LogP contribution in [0.4, 0.5) is 0 Å². The van der Waals surface area contributed by atoms with Crippen molar-refractivity contribution in [2.24, 2.45) is 0 Å². The van der Waals surface area contributed by atoms with Crippen LogP contribution in [0, 0.1) is 6.92 Å². The molecule has 0 radical (unpaired) electrons. The van der Waals surface area contributed by atoms with Gasteiger partial charge in [0.05, 0.1) is 13.0 Å². The van der Waals surface area contributed by atoms with Crippen molar-refractivity contribution in [1.82, 2.24) is 4.90 Å². The molecule has 1 aromatic carbocycles. The van der Waals surface area contributed by atoms with Crippen molar-refractivity contribution < 1.29 is 19.4 Å². The zero-order chi connectivity index (χ0) is 15.0. The molecule has 5 nitrogen and oxygen atoms in total. The number of rotatable bonds is 8. The van der Waals surface area contributed by atoms with Crippen LogP contribution in [-0.2, 0) is 9.59 Å². The molecule has 1 aromatic rings. The molecule has 0 bridgehead atoms. The van der Waals surface area contributed by atoms with Gasteiger partial charge in [-0.3, -0.25) is 9.59 Å². The Balaban J connectivity index is 2.22. The van der Waals surface area contributed by atoms with Crippen molar-refractivity contribution in [3.63, 3.8) is 0 Å². The van der Waals surface area contributed by atoms with Gasteiger partial charge in [0.2, 0.25) is 5.91 Å². The summed E-state index contributed by atoms with van der Waals surface area (Å²) in [4.78, 5) is 23.5. The lowest BCUT2D eigenvalue weighted by atomic mass is 10.2. The maximum absolute atomic E-state index is 11.6. The van der Waals surface area contributed by atoms with Crippen molar-refractivity contribution in [2.75, 3.05) is 20.2 Å². The van der Waals surface area contributed by atoms with Crippen molar-refractivity contribution in [3.8, 4) is 5.75 Å². The summed E-state index contributed by atoms with van der Waals surface area (Å²) in [5, 5.41) is 8.52. The molecule has 0 aliphatic heterocycles. The first kappa shape index (κ1) is 16.0. The predicted octanol–water partition coefficient (Wildman–Crippen LogP) is 2.09. The van der Waals surface area contributed by atoms with Crippen LogP contribution in [0.3, 0.4) is 0 Å². The molecule has 5 heteroatoms. The first-order chi connectivity index (χ1) is 9.50. The number of hydrogen-bond acceptors (Lipinski definition) is 3. The molecule has 0 spiro atoms. The van der Waals surface area contributed by atoms with E-state index in [0.717, 1.165) is 11.3 Å². The molecular formula is C15H21NO4. The third-order valence-electron chi connectivity index (χ3n) is 2.97. The fraction of sp³-hybridized carbons (Fsp3) is 0.467. The van der Waals surface area contributed by atoms with Gasteiger partial charge in [0.1, 0.15) is 5.75 Å². The van der Waals surface area contributed by atoms with Crippen LogP contribution in [0.1, 0.15) is 24.8 Å². The number of carboxylic acid groups (broad SMARTS) is 1. The minimum absolute atomic E-state index is 0.0461. The van der Waals surface area contributed by atoms with Gasteiger partial charge in [0, 0.05) is 20.0 Å². The molecule has 0 fully saturated rings. The van der Waals surface area contributed by atoms with Gasteiger partial charge in [-0.15, -0.1) is 0 Å². The Hall–Kier alpha value is -2.04. The highest BCUT2D eigenvalue weighted by Gasteiger charge is 2.10. The highest BCUT2D eigenvalue weighted by Crippen LogP contribution is 2.16. The number of carbonyl (C=O) groups is 2. The molecule has 0 unspecified atom stereocenters. The SMILES string of the molecule is Cc1ccccc1OCCCN(C)C(=O)CCC(=O)O. The second-order valence-corrected chi connectivity index (χ2v) is 4.68. The summed E-state index contributed by atoms with van der Waals surface area (Å²) in [6.07, 6.45) is 0.636. The number of ether oxygens (including phenoxy) is 1. The number of aliphatic carboxylic acids is 1. The van der Waals surface area contributed by atoms with Gasteiger partial charge in [-0.25, -0.2) is 0 Å². The number of amides is 1. The number of hydrogen-bond donors (Lipinski definition) is 1. The summed E-state index contributed by atoms with van der Waals surface area (Å²) in [6.45, 7) is 3.07. The van der Waals surface area contributed by atoms with E-state index in [1.165, 1.54) is 0 Å². The Labute approximate surface area is 119 Å². The molecule has 0 aliphatic carbocycles. The molecular weight excluding hydrogens is 258 g/mol. The monoisotopic (exact) mass is 279 g/mol. The maximum atomic E-state index is 11.6. The average molecular weight is 279 g/mol. The third kappa shape index (κ3) is 5.73. The molecule has 1 rings (SSSR count). The number of aryl methyl sites for hydroxylation is 1. The van der Waals surface area contributed by atoms with Gasteiger partial charge in [-0.2, -0.15) is 0 Å². The normalized spacial score (nSPS) is 10.1. The van der Waals surface area contributed by atoms with E-state index in [-0.39, 0.29) is 18.7 Å². The summed E-state index contributed by atoms with van der Waals surface area (Å²) in [6, 6.07) is 7.77. The summed E-state index contributed by atoms with van der Waals surface area (Å²) in [5.41, 5.74) is 1.08. The Morgan fingerprint density at radius 2 is 1.95 bits per heavy atom. The number of benzene rings is 1. The Kier molecular flexibility index (Phi) is 6.56. The first-order valence-electron chi connectivity index (χ1n) is 6.65. The molecule has 0 atom stereocenters. The zero-order valence-corrected chi connectivity index (χ0v) is 12.0. The topological polar surface area (TPSA) is 66.8 Å². The van der Waals surface area contributed by atoms with Crippen molar-refractivity contribution in [3.05, 3.63) is 29.8 Å². The van der Waals surface area contributed by atoms with Crippen LogP contribution < -0.4 is 4.74 Å². The lowest BCUT2D eigenvalue weighted by Crippen LogP contribution is -2.28. The lowest BCUT2D eigenvalue weighted by molar-refractivity contribution is -0.140. The maximum Gasteiger partial charge on any atom is 0.303 e. The molecule has 0 aromatic heterocycles. The van der Waals surface area contributed by atoms with Crippen molar-refractivity contribution in [1.29, 1.82) is 0 Å². The molecule has 110 valence electrons. The fourth-order valence-corrected chi connectivity index (χ4v) is 1.73. The Morgan fingerprint density at radius 3 is 2.60 bits per heavy atom. The third-order valence-corrected chi connectivity index (χ3v) is 2.97. The van der Waals surface area contributed by atoms with Gasteiger partial charge >= 0.3 is 5.97 Å². The Bertz CT molecular complexity index is 459. The van der Waals surface area contributed by atoms with Gasteiger partial charge in [-0.1, -0.05) is 18.2 Å². The fourth-order valence-electron chi connectivity index (χ4n) is 1.73. The van der Waals surface area contributed by atoms with Gasteiger partial charge in [0.15, 0.2) is 0 Å². The smallest absolute Gasteiger partial charge is 0.303 e. The number of carbonyl (C=O) groups excluding carboxylic acids is 1. The molecule has 1 N–H and O–H groups in total. The number of para-hydroxylation sites is 1. The van der Waals surface area contributed by atoms with Crippen LogP contribution in [0.5, 0.6) is 5.75 Å². The van der Waals surface area contributed by atoms with Crippen LogP contribution in [0.2, 0.25) is 0 Å². The van der Waals surface area contributed by atoms with E-state index in [0.29, 0.717) is 19.6 Å². The van der Waals surface area contributed by atoms with Crippen LogP contribution in [-0.4, -0.2) is 42.1 Å². The quantitative estimate of drug-likeness (QED) is 0.740. The van der Waals surface area contributed by atoms with Crippen LogP contribution in [0.25, 0.3) is 0 Å². The second-order valence-electron chi connectivity index (χ2n) is 4.68. The molecule has 20 heavy (non-hydrogen) atoms. The molecule has 1 amide bonds. The molecule has 0 saturated heterocycles. The van der Waals surface area contributed by atoms with Crippen molar-refractivity contribution in [2.45, 2.75) is 26.2 Å². The van der Waals surface area contributed by atoms with E-state index in [1.807, 2.05) is 31.2 Å². The lowest BCUT2D eigenvalue weighted by Gasteiger charge is -2.17. The molecule has 0 aliphatic rings. The minimum atomic E-state index is -0.949. The summed E-state index contributed by atoms with van der Waals surface area (Å²) in [5.74, 6) is -0.245. The summed E-state index contributed by atoms with van der Waals surface area (Å²) in [7, 11) is 1.68. The highest BCUT2D eigenvalue weighted by atomic mass is 16.5. The van der Waals surface area contributed by atoms with E-state index >= 15 is 0 Å². The van der Waals surface area contributed by atoms with Crippen molar-refractivity contribution >= 4 is 11.9 Å². The minimum Gasteiger partial charge on any atom is -0.493 e. The summed E-state index contributed by atoms with van der Waals surface area (Å²) < 4.78 is 5.63. The van der Waals surface area contributed by atoms with Crippen LogP contribution >= 0.6 is 0 Å². The first-order valence-corrected chi connectivity index (χ1v) is 6.65. The zero-order valence-electron chi connectivity index (χ0n) is 12.0. The Morgan fingerprint density at radius 1 is 1.25 bits per heavy atom. The molecule has 0 heterocycles. The van der Waals surface area contributed by atoms with E-state index in [9.17, 15) is 9.59 Å². The van der Waals surface area contributed by atoms with E-state index < -0.39 is 5.97 Å². The number of nitrogens with zero attached hydrogens (tertiary/aromatic N) is 1. The summed E-state index contributed by atoms with van der Waals surface area (Å²) >= 11 is 0. The standard InChI is InChI=1S/C15H21NO4/c1-12-6-3-4-7-13(12)20-11-5-10-16(2)14(17)8-9-15(18)19/h3-4,6-7H,5,8-11H2,1-2H3,(H,18,19). The second kappa shape index (κ2) is 8.19. The average Bonchev–Trinajstić information content (AvgIpc) is 2.42. The number of carboxylic acids is 1.